The minimum atomic E-state index is -0.234. The molecule has 1 aliphatic heterocycles. The topological polar surface area (TPSA) is 29.3 Å². The summed E-state index contributed by atoms with van der Waals surface area (Å²) in [6.45, 7) is 1.01. The maximum Gasteiger partial charge on any atom is 0.139 e. The van der Waals surface area contributed by atoms with E-state index in [4.69, 9.17) is 0 Å². The summed E-state index contributed by atoms with van der Waals surface area (Å²) < 4.78 is 14.8. The van der Waals surface area contributed by atoms with E-state index in [0.29, 0.717) is 6.04 Å². The van der Waals surface area contributed by atoms with Gasteiger partial charge in [-0.05, 0) is 12.1 Å². The summed E-state index contributed by atoms with van der Waals surface area (Å²) in [6.07, 6.45) is 3.36. The lowest BCUT2D eigenvalue weighted by molar-refractivity contribution is 0.583. The van der Waals surface area contributed by atoms with E-state index >= 15 is 0 Å². The number of rotatable bonds is 1. The van der Waals surface area contributed by atoms with E-state index in [9.17, 15) is 4.39 Å². The number of thioether (sulfide) groups is 1. The smallest absolute Gasteiger partial charge is 0.139 e. The molecule has 0 aliphatic carbocycles. The molecular weight excluding hydrogens is 225 g/mol. The molecule has 5 heteroatoms. The predicted octanol–water partition coefficient (Wildman–Crippen LogP) is 1.85. The second kappa shape index (κ2) is 4.07. The normalized spacial score (nSPS) is 21.4. The zero-order valence-corrected chi connectivity index (χ0v) is 9.51. The lowest BCUT2D eigenvalue weighted by Gasteiger charge is -2.20. The van der Waals surface area contributed by atoms with Gasteiger partial charge in [0, 0.05) is 30.4 Å². The molecule has 1 unspecified atom stereocenters. The van der Waals surface area contributed by atoms with Gasteiger partial charge in [0.05, 0.1) is 11.7 Å². The van der Waals surface area contributed by atoms with Crippen LogP contribution in [-0.2, 0) is 0 Å². The zero-order chi connectivity index (χ0) is 11.0. The fraction of sp³-hybridized carbons (Fsp3) is 0.364. The molecule has 3 rings (SSSR count). The molecule has 3 nitrogen and oxygen atoms in total. The maximum atomic E-state index is 13.0. The van der Waals surface area contributed by atoms with Gasteiger partial charge in [-0.15, -0.1) is 0 Å². The molecule has 84 valence electrons. The Morgan fingerprint density at radius 3 is 3.19 bits per heavy atom. The van der Waals surface area contributed by atoms with Crippen molar-refractivity contribution >= 4 is 17.4 Å². The number of imidazole rings is 1. The van der Waals surface area contributed by atoms with E-state index in [1.807, 2.05) is 18.0 Å². The zero-order valence-electron chi connectivity index (χ0n) is 8.69. The molecule has 1 saturated heterocycles. The molecule has 2 aromatic heterocycles. The third-order valence-corrected chi connectivity index (χ3v) is 3.77. The first-order chi connectivity index (χ1) is 7.83. The van der Waals surface area contributed by atoms with Crippen molar-refractivity contribution in [1.29, 1.82) is 0 Å². The molecule has 1 N–H and O–H groups in total. The van der Waals surface area contributed by atoms with Crippen molar-refractivity contribution in [2.75, 3.05) is 18.1 Å². The number of fused-ring (bicyclic) bond motifs is 1. The lowest BCUT2D eigenvalue weighted by Crippen LogP contribution is -2.30. The van der Waals surface area contributed by atoms with Crippen LogP contribution < -0.4 is 5.32 Å². The van der Waals surface area contributed by atoms with Crippen LogP contribution >= 0.6 is 11.8 Å². The highest BCUT2D eigenvalue weighted by Crippen LogP contribution is 2.21. The van der Waals surface area contributed by atoms with E-state index in [0.717, 1.165) is 29.4 Å². The second-order valence-corrected chi connectivity index (χ2v) is 5.01. The average molecular weight is 237 g/mol. The van der Waals surface area contributed by atoms with Crippen molar-refractivity contribution < 1.29 is 4.39 Å². The van der Waals surface area contributed by atoms with Gasteiger partial charge in [0.2, 0.25) is 0 Å². The number of hydrogen-bond acceptors (Lipinski definition) is 3. The van der Waals surface area contributed by atoms with Gasteiger partial charge in [-0.1, -0.05) is 0 Å². The first-order valence-corrected chi connectivity index (χ1v) is 6.44. The van der Waals surface area contributed by atoms with Crippen LogP contribution in [-0.4, -0.2) is 27.4 Å². The maximum absolute atomic E-state index is 13.0. The van der Waals surface area contributed by atoms with Crippen molar-refractivity contribution in [3.8, 4) is 0 Å². The van der Waals surface area contributed by atoms with Gasteiger partial charge >= 0.3 is 0 Å². The summed E-state index contributed by atoms with van der Waals surface area (Å²) in [5.41, 5.74) is 1.80. The van der Waals surface area contributed by atoms with Gasteiger partial charge in [0.15, 0.2) is 0 Å². The SMILES string of the molecule is Fc1ccc2nc(C3CSCCN3)cn2c1. The van der Waals surface area contributed by atoms with Crippen LogP contribution in [0.5, 0.6) is 0 Å². The number of hydrogen-bond donors (Lipinski definition) is 1. The highest BCUT2D eigenvalue weighted by atomic mass is 32.2. The predicted molar refractivity (Wildman–Crippen MR) is 63.2 cm³/mol. The van der Waals surface area contributed by atoms with Crippen LogP contribution in [0.4, 0.5) is 4.39 Å². The Kier molecular flexibility index (Phi) is 2.57. The molecule has 0 spiro atoms. The Bertz CT molecular complexity index is 505. The molecule has 1 aliphatic rings. The third kappa shape index (κ3) is 1.81. The van der Waals surface area contributed by atoms with Gasteiger partial charge in [0.1, 0.15) is 11.5 Å². The molecule has 0 saturated carbocycles. The summed E-state index contributed by atoms with van der Waals surface area (Å²) >= 11 is 1.93. The number of nitrogens with zero attached hydrogens (tertiary/aromatic N) is 2. The second-order valence-electron chi connectivity index (χ2n) is 3.86. The van der Waals surface area contributed by atoms with Gasteiger partial charge in [0.25, 0.3) is 0 Å². The summed E-state index contributed by atoms with van der Waals surface area (Å²) in [7, 11) is 0. The summed E-state index contributed by atoms with van der Waals surface area (Å²) in [4.78, 5) is 4.50. The van der Waals surface area contributed by atoms with Crippen molar-refractivity contribution in [2.45, 2.75) is 6.04 Å². The molecule has 3 heterocycles. The Labute approximate surface area is 97.1 Å². The highest BCUT2D eigenvalue weighted by Gasteiger charge is 2.17. The number of nitrogens with one attached hydrogen (secondary N) is 1. The van der Waals surface area contributed by atoms with Gasteiger partial charge < -0.3 is 9.72 Å². The van der Waals surface area contributed by atoms with E-state index in [1.54, 1.807) is 10.5 Å². The summed E-state index contributed by atoms with van der Waals surface area (Å²) in [6, 6.07) is 3.44. The highest BCUT2D eigenvalue weighted by molar-refractivity contribution is 7.99. The van der Waals surface area contributed by atoms with Crippen LogP contribution in [0.15, 0.2) is 24.5 Å². The minimum Gasteiger partial charge on any atom is -0.307 e. The van der Waals surface area contributed by atoms with Crippen LogP contribution in [0.2, 0.25) is 0 Å². The molecule has 0 radical (unpaired) electrons. The molecular formula is C11H12FN3S. The summed E-state index contributed by atoms with van der Waals surface area (Å²) in [5.74, 6) is 1.95. The summed E-state index contributed by atoms with van der Waals surface area (Å²) in [5, 5.41) is 3.42. The molecule has 0 bridgehead atoms. The van der Waals surface area contributed by atoms with Crippen LogP contribution in [0, 0.1) is 5.82 Å². The van der Waals surface area contributed by atoms with Gasteiger partial charge in [-0.3, -0.25) is 0 Å². The van der Waals surface area contributed by atoms with Crippen molar-refractivity contribution in [2.24, 2.45) is 0 Å². The fourth-order valence-corrected chi connectivity index (χ4v) is 2.86. The van der Waals surface area contributed by atoms with Crippen LogP contribution in [0.25, 0.3) is 5.65 Å². The van der Waals surface area contributed by atoms with Crippen molar-refractivity contribution in [1.82, 2.24) is 14.7 Å². The van der Waals surface area contributed by atoms with E-state index in [2.05, 4.69) is 10.3 Å². The molecule has 16 heavy (non-hydrogen) atoms. The third-order valence-electron chi connectivity index (χ3n) is 2.71. The van der Waals surface area contributed by atoms with E-state index < -0.39 is 0 Å². The molecule has 0 aromatic carbocycles. The van der Waals surface area contributed by atoms with Crippen molar-refractivity contribution in [3.63, 3.8) is 0 Å². The quantitative estimate of drug-likeness (QED) is 0.820. The average Bonchev–Trinajstić information content (AvgIpc) is 2.73. The first kappa shape index (κ1) is 10.1. The molecule has 0 amide bonds. The lowest BCUT2D eigenvalue weighted by atomic mass is 10.2. The fourth-order valence-electron chi connectivity index (χ4n) is 1.91. The standard InChI is InChI=1S/C11H12FN3S/c12-8-1-2-11-14-9(6-15(11)5-8)10-7-16-4-3-13-10/h1-2,5-6,10,13H,3-4,7H2. The molecule has 2 aromatic rings. The van der Waals surface area contributed by atoms with Crippen LogP contribution in [0.1, 0.15) is 11.7 Å². The monoisotopic (exact) mass is 237 g/mol. The number of pyridine rings is 1. The van der Waals surface area contributed by atoms with E-state index in [1.165, 1.54) is 12.3 Å². The van der Waals surface area contributed by atoms with Gasteiger partial charge in [-0.2, -0.15) is 11.8 Å². The Morgan fingerprint density at radius 2 is 2.38 bits per heavy atom. The molecule has 1 atom stereocenters. The number of halogens is 1. The Balaban J connectivity index is 1.97. The van der Waals surface area contributed by atoms with Gasteiger partial charge in [-0.25, -0.2) is 9.37 Å². The van der Waals surface area contributed by atoms with E-state index in [-0.39, 0.29) is 5.82 Å². The first-order valence-electron chi connectivity index (χ1n) is 5.28. The molecule has 1 fully saturated rings. The minimum absolute atomic E-state index is 0.234. The Morgan fingerprint density at radius 1 is 1.44 bits per heavy atom. The Hall–Kier alpha value is -1.07. The number of aromatic nitrogens is 2. The largest absolute Gasteiger partial charge is 0.307 e. The van der Waals surface area contributed by atoms with Crippen LogP contribution in [0.3, 0.4) is 0 Å². The van der Waals surface area contributed by atoms with Crippen molar-refractivity contribution in [3.05, 3.63) is 36.0 Å².